The highest BCUT2D eigenvalue weighted by atomic mass is 16.5. The topological polar surface area (TPSA) is 72.0 Å². The third-order valence-corrected chi connectivity index (χ3v) is 5.25. The zero-order valence-corrected chi connectivity index (χ0v) is 14.7. The molecule has 0 spiro atoms. The SMILES string of the molecule is c1nc(NCC2CCCCO2)c2cc(NC3CCCCC3)ncc2n1. The number of rotatable bonds is 5. The quantitative estimate of drug-likeness (QED) is 0.863. The van der Waals surface area contributed by atoms with Crippen LogP contribution in [0.5, 0.6) is 0 Å². The summed E-state index contributed by atoms with van der Waals surface area (Å²) in [6, 6.07) is 2.61. The minimum atomic E-state index is 0.278. The summed E-state index contributed by atoms with van der Waals surface area (Å²) in [5.41, 5.74) is 0.872. The molecule has 2 N–H and O–H groups in total. The summed E-state index contributed by atoms with van der Waals surface area (Å²) in [7, 11) is 0. The zero-order valence-electron chi connectivity index (χ0n) is 14.7. The molecule has 1 aliphatic carbocycles. The lowest BCUT2D eigenvalue weighted by Crippen LogP contribution is -2.27. The summed E-state index contributed by atoms with van der Waals surface area (Å²) in [6.45, 7) is 1.66. The van der Waals surface area contributed by atoms with Crippen LogP contribution < -0.4 is 10.6 Å². The molecule has 2 fully saturated rings. The summed E-state index contributed by atoms with van der Waals surface area (Å²) in [5, 5.41) is 8.06. The van der Waals surface area contributed by atoms with Crippen molar-refractivity contribution in [2.45, 2.75) is 63.5 Å². The van der Waals surface area contributed by atoms with E-state index >= 15 is 0 Å². The van der Waals surface area contributed by atoms with E-state index in [1.165, 1.54) is 44.9 Å². The van der Waals surface area contributed by atoms with Crippen molar-refractivity contribution >= 4 is 22.5 Å². The summed E-state index contributed by atoms with van der Waals surface area (Å²) >= 11 is 0. The third kappa shape index (κ3) is 4.18. The van der Waals surface area contributed by atoms with Crippen LogP contribution in [0.4, 0.5) is 11.6 Å². The van der Waals surface area contributed by atoms with Gasteiger partial charge in [-0.25, -0.2) is 15.0 Å². The maximum absolute atomic E-state index is 5.81. The van der Waals surface area contributed by atoms with Crippen LogP contribution in [-0.2, 0) is 4.74 Å². The number of fused-ring (bicyclic) bond motifs is 1. The number of ether oxygens (including phenoxy) is 1. The highest BCUT2D eigenvalue weighted by Gasteiger charge is 2.16. The van der Waals surface area contributed by atoms with Crippen LogP contribution in [0.25, 0.3) is 10.9 Å². The van der Waals surface area contributed by atoms with Gasteiger partial charge in [-0.2, -0.15) is 0 Å². The van der Waals surface area contributed by atoms with Crippen LogP contribution in [0, 0.1) is 0 Å². The second-order valence-corrected chi connectivity index (χ2v) is 7.16. The van der Waals surface area contributed by atoms with Gasteiger partial charge in [-0.3, -0.25) is 0 Å². The first-order valence-corrected chi connectivity index (χ1v) is 9.61. The van der Waals surface area contributed by atoms with E-state index in [2.05, 4.69) is 31.7 Å². The lowest BCUT2D eigenvalue weighted by molar-refractivity contribution is 0.0247. The maximum Gasteiger partial charge on any atom is 0.137 e. The Kier molecular flexibility index (Phi) is 5.25. The van der Waals surface area contributed by atoms with Crippen molar-refractivity contribution in [3.8, 4) is 0 Å². The molecule has 0 amide bonds. The van der Waals surface area contributed by atoms with E-state index in [0.29, 0.717) is 6.04 Å². The van der Waals surface area contributed by atoms with Gasteiger partial charge >= 0.3 is 0 Å². The average Bonchev–Trinajstić information content (AvgIpc) is 2.68. The normalized spacial score (nSPS) is 22.0. The first-order valence-electron chi connectivity index (χ1n) is 9.61. The number of pyridine rings is 1. The first kappa shape index (κ1) is 16.5. The molecule has 1 atom stereocenters. The lowest BCUT2D eigenvalue weighted by Gasteiger charge is -2.24. The van der Waals surface area contributed by atoms with Gasteiger partial charge in [-0.05, 0) is 38.2 Å². The molecule has 0 aromatic carbocycles. The standard InChI is InChI=1S/C19H27N5O/c1-2-6-14(7-3-1)24-18-10-16-17(12-20-18)22-13-23-19(16)21-11-15-8-4-5-9-25-15/h10,12-15H,1-9,11H2,(H,20,24)(H,21,22,23). The lowest BCUT2D eigenvalue weighted by atomic mass is 9.95. The smallest absolute Gasteiger partial charge is 0.137 e. The number of hydrogen-bond donors (Lipinski definition) is 2. The number of nitrogens with zero attached hydrogens (tertiary/aromatic N) is 3. The second kappa shape index (κ2) is 7.95. The van der Waals surface area contributed by atoms with Gasteiger partial charge in [-0.15, -0.1) is 0 Å². The molecule has 0 bridgehead atoms. The summed E-state index contributed by atoms with van der Waals surface area (Å²) < 4.78 is 5.81. The van der Waals surface area contributed by atoms with E-state index in [9.17, 15) is 0 Å². The Morgan fingerprint density at radius 3 is 2.72 bits per heavy atom. The van der Waals surface area contributed by atoms with Crippen molar-refractivity contribution in [3.05, 3.63) is 18.6 Å². The Morgan fingerprint density at radius 1 is 1.00 bits per heavy atom. The minimum Gasteiger partial charge on any atom is -0.376 e. The molecule has 1 saturated carbocycles. The van der Waals surface area contributed by atoms with Gasteiger partial charge in [0.2, 0.25) is 0 Å². The molecular formula is C19H27N5O. The van der Waals surface area contributed by atoms with Gasteiger partial charge in [-0.1, -0.05) is 19.3 Å². The van der Waals surface area contributed by atoms with Crippen LogP contribution in [0.1, 0.15) is 51.4 Å². The molecule has 0 radical (unpaired) electrons. The Bertz CT molecular complexity index is 695. The summed E-state index contributed by atoms with van der Waals surface area (Å²) in [6.07, 6.45) is 13.7. The average molecular weight is 341 g/mol. The molecule has 6 heteroatoms. The minimum absolute atomic E-state index is 0.278. The zero-order chi connectivity index (χ0) is 16.9. The van der Waals surface area contributed by atoms with Crippen molar-refractivity contribution in [1.29, 1.82) is 0 Å². The number of anilines is 2. The third-order valence-electron chi connectivity index (χ3n) is 5.25. The van der Waals surface area contributed by atoms with Crippen LogP contribution in [0.2, 0.25) is 0 Å². The van der Waals surface area contributed by atoms with Crippen molar-refractivity contribution in [2.24, 2.45) is 0 Å². The van der Waals surface area contributed by atoms with Gasteiger partial charge < -0.3 is 15.4 Å². The molecule has 3 heterocycles. The molecule has 1 unspecified atom stereocenters. The predicted molar refractivity (Wildman–Crippen MR) is 99.9 cm³/mol. The van der Waals surface area contributed by atoms with Gasteiger partial charge in [0.25, 0.3) is 0 Å². The number of aromatic nitrogens is 3. The predicted octanol–water partition coefficient (Wildman–Crippen LogP) is 3.75. The molecule has 2 aliphatic rings. The first-order chi connectivity index (χ1) is 12.4. The molecule has 2 aromatic heterocycles. The molecule has 1 aliphatic heterocycles. The maximum atomic E-state index is 5.81. The van der Waals surface area contributed by atoms with Gasteiger partial charge in [0.1, 0.15) is 18.0 Å². The summed E-state index contributed by atoms with van der Waals surface area (Å²) in [4.78, 5) is 13.3. The highest BCUT2D eigenvalue weighted by Crippen LogP contribution is 2.25. The molecule has 1 saturated heterocycles. The van der Waals surface area contributed by atoms with Crippen LogP contribution >= 0.6 is 0 Å². The van der Waals surface area contributed by atoms with Crippen LogP contribution in [-0.4, -0.2) is 40.2 Å². The van der Waals surface area contributed by atoms with Crippen LogP contribution in [0.15, 0.2) is 18.6 Å². The van der Waals surface area contributed by atoms with Crippen molar-refractivity contribution in [2.75, 3.05) is 23.8 Å². The molecule has 25 heavy (non-hydrogen) atoms. The van der Waals surface area contributed by atoms with E-state index in [1.54, 1.807) is 6.33 Å². The Labute approximate surface area is 148 Å². The largest absolute Gasteiger partial charge is 0.376 e. The Hall–Kier alpha value is -1.95. The molecular weight excluding hydrogens is 314 g/mol. The van der Waals surface area contributed by atoms with E-state index in [0.717, 1.165) is 42.1 Å². The van der Waals surface area contributed by atoms with E-state index in [1.807, 2.05) is 6.20 Å². The molecule has 2 aromatic rings. The molecule has 4 rings (SSSR count). The van der Waals surface area contributed by atoms with E-state index in [4.69, 9.17) is 4.74 Å². The highest BCUT2D eigenvalue weighted by molar-refractivity contribution is 5.90. The van der Waals surface area contributed by atoms with Crippen LogP contribution in [0.3, 0.4) is 0 Å². The van der Waals surface area contributed by atoms with E-state index in [-0.39, 0.29) is 6.10 Å². The van der Waals surface area contributed by atoms with E-state index < -0.39 is 0 Å². The monoisotopic (exact) mass is 341 g/mol. The fourth-order valence-corrected chi connectivity index (χ4v) is 3.81. The van der Waals surface area contributed by atoms with Crippen molar-refractivity contribution in [1.82, 2.24) is 15.0 Å². The fourth-order valence-electron chi connectivity index (χ4n) is 3.81. The molecule has 6 nitrogen and oxygen atoms in total. The molecule has 134 valence electrons. The van der Waals surface area contributed by atoms with Gasteiger partial charge in [0.05, 0.1) is 17.8 Å². The number of nitrogens with one attached hydrogen (secondary N) is 2. The van der Waals surface area contributed by atoms with Gasteiger partial charge in [0.15, 0.2) is 0 Å². The fraction of sp³-hybridized carbons (Fsp3) is 0.632. The Morgan fingerprint density at radius 2 is 1.88 bits per heavy atom. The van der Waals surface area contributed by atoms with Crippen molar-refractivity contribution in [3.63, 3.8) is 0 Å². The Balaban J connectivity index is 1.48. The summed E-state index contributed by atoms with van der Waals surface area (Å²) in [5.74, 6) is 1.79. The van der Waals surface area contributed by atoms with Gasteiger partial charge in [0, 0.05) is 24.6 Å². The second-order valence-electron chi connectivity index (χ2n) is 7.16. The number of hydrogen-bond acceptors (Lipinski definition) is 6. The van der Waals surface area contributed by atoms with Crippen molar-refractivity contribution < 1.29 is 4.74 Å².